The van der Waals surface area contributed by atoms with Crippen LogP contribution < -0.4 is 9.47 Å². The highest BCUT2D eigenvalue weighted by atomic mass is 35.5. The van der Waals surface area contributed by atoms with Gasteiger partial charge in [0.15, 0.2) is 11.5 Å². The van der Waals surface area contributed by atoms with Crippen molar-refractivity contribution < 1.29 is 27.8 Å². The van der Waals surface area contributed by atoms with Gasteiger partial charge in [0.2, 0.25) is 5.91 Å². The smallest absolute Gasteiger partial charge is 0.387 e. The van der Waals surface area contributed by atoms with E-state index < -0.39 is 12.7 Å². The molecule has 0 aromatic heterocycles. The molecule has 2 aromatic carbocycles. The molecular formula is C22H22Cl2F2N2O4. The Morgan fingerprint density at radius 1 is 1.19 bits per heavy atom. The molecule has 2 aromatic rings. The maximum Gasteiger partial charge on any atom is 0.387 e. The molecule has 1 unspecified atom stereocenters. The van der Waals surface area contributed by atoms with Crippen LogP contribution in [0.4, 0.5) is 8.78 Å². The van der Waals surface area contributed by atoms with Gasteiger partial charge in [0.05, 0.1) is 17.7 Å². The monoisotopic (exact) mass is 486 g/mol. The molecule has 1 heterocycles. The molecule has 0 N–H and O–H groups in total. The number of carbonyl (C=O) groups is 2. The fourth-order valence-corrected chi connectivity index (χ4v) is 4.07. The molecule has 1 fully saturated rings. The summed E-state index contributed by atoms with van der Waals surface area (Å²) in [6.45, 7) is -2.45. The predicted octanol–water partition coefficient (Wildman–Crippen LogP) is 4.87. The summed E-state index contributed by atoms with van der Waals surface area (Å²) in [5.74, 6) is -0.580. The highest BCUT2D eigenvalue weighted by molar-refractivity contribution is 6.35. The van der Waals surface area contributed by atoms with Crippen molar-refractivity contribution in [3.05, 3.63) is 57.6 Å². The molecule has 1 atom stereocenters. The molecule has 2 amide bonds. The lowest BCUT2D eigenvalue weighted by molar-refractivity contribution is -0.134. The van der Waals surface area contributed by atoms with Gasteiger partial charge in [0, 0.05) is 25.2 Å². The Hall–Kier alpha value is -2.58. The van der Waals surface area contributed by atoms with Crippen molar-refractivity contribution in [1.29, 1.82) is 0 Å². The second-order valence-corrected chi connectivity index (χ2v) is 8.18. The van der Waals surface area contributed by atoms with Crippen molar-refractivity contribution in [3.63, 3.8) is 0 Å². The van der Waals surface area contributed by atoms with E-state index in [-0.39, 0.29) is 40.4 Å². The number of benzene rings is 2. The number of hydrogen-bond donors (Lipinski definition) is 0. The van der Waals surface area contributed by atoms with E-state index in [1.165, 1.54) is 35.1 Å². The molecule has 1 saturated heterocycles. The minimum Gasteiger partial charge on any atom is -0.493 e. The third-order valence-corrected chi connectivity index (χ3v) is 5.76. The van der Waals surface area contributed by atoms with Gasteiger partial charge < -0.3 is 19.3 Å². The van der Waals surface area contributed by atoms with E-state index in [1.54, 1.807) is 25.2 Å². The first kappa shape index (κ1) is 24.1. The first-order chi connectivity index (χ1) is 15.2. The molecule has 10 heteroatoms. The Labute approximate surface area is 194 Å². The second kappa shape index (κ2) is 10.4. The number of carbonyl (C=O) groups excluding carboxylic acids is 2. The quantitative estimate of drug-likeness (QED) is 0.560. The number of amides is 2. The van der Waals surface area contributed by atoms with E-state index >= 15 is 0 Å². The van der Waals surface area contributed by atoms with Crippen molar-refractivity contribution in [3.8, 4) is 11.5 Å². The summed E-state index contributed by atoms with van der Waals surface area (Å²) in [6.07, 6.45) is 1.18. The van der Waals surface area contributed by atoms with Crippen LogP contribution in [0.2, 0.25) is 10.0 Å². The fourth-order valence-electron chi connectivity index (χ4n) is 3.70. The van der Waals surface area contributed by atoms with Gasteiger partial charge in [-0.2, -0.15) is 8.78 Å². The van der Waals surface area contributed by atoms with Crippen LogP contribution >= 0.6 is 23.2 Å². The fraction of sp³-hybridized carbons (Fsp3) is 0.364. The maximum absolute atomic E-state index is 13.1. The molecule has 0 aliphatic carbocycles. The molecule has 1 aliphatic heterocycles. The molecule has 172 valence electrons. The van der Waals surface area contributed by atoms with Crippen molar-refractivity contribution in [2.24, 2.45) is 0 Å². The SMILES string of the molecule is COc1ccc(CN(C)C(=O)C2CCCN2C(=O)c2cc(Cl)ccc2Cl)cc1OC(F)F. The van der Waals surface area contributed by atoms with Crippen molar-refractivity contribution in [2.45, 2.75) is 32.0 Å². The van der Waals surface area contributed by atoms with Gasteiger partial charge in [0.25, 0.3) is 5.91 Å². The molecule has 3 rings (SSSR count). The second-order valence-electron chi connectivity index (χ2n) is 7.34. The Bertz CT molecular complexity index is 1010. The predicted molar refractivity (Wildman–Crippen MR) is 117 cm³/mol. The summed E-state index contributed by atoms with van der Waals surface area (Å²) in [7, 11) is 2.94. The summed E-state index contributed by atoms with van der Waals surface area (Å²) in [5, 5.41) is 0.633. The number of ether oxygens (including phenoxy) is 2. The number of nitrogens with zero attached hydrogens (tertiary/aromatic N) is 2. The summed E-state index contributed by atoms with van der Waals surface area (Å²) in [5.41, 5.74) is 0.816. The number of likely N-dealkylation sites (tertiary alicyclic amines) is 1. The Kier molecular flexibility index (Phi) is 7.79. The molecule has 1 aliphatic rings. The average molecular weight is 487 g/mol. The zero-order valence-corrected chi connectivity index (χ0v) is 19.0. The minimum absolute atomic E-state index is 0.117. The van der Waals surface area contributed by atoms with Gasteiger partial charge in [-0.05, 0) is 48.7 Å². The molecule has 32 heavy (non-hydrogen) atoms. The van der Waals surface area contributed by atoms with Crippen LogP contribution in [0.25, 0.3) is 0 Å². The van der Waals surface area contributed by atoms with Crippen LogP contribution in [0.1, 0.15) is 28.8 Å². The largest absolute Gasteiger partial charge is 0.493 e. The first-order valence-electron chi connectivity index (χ1n) is 9.84. The van der Waals surface area contributed by atoms with Gasteiger partial charge in [-0.15, -0.1) is 0 Å². The summed E-state index contributed by atoms with van der Waals surface area (Å²) in [4.78, 5) is 29.1. The van der Waals surface area contributed by atoms with Gasteiger partial charge in [-0.1, -0.05) is 29.3 Å². The number of alkyl halides is 2. The molecule has 0 saturated carbocycles. The van der Waals surface area contributed by atoms with Crippen molar-refractivity contribution in [2.75, 3.05) is 20.7 Å². The van der Waals surface area contributed by atoms with E-state index in [2.05, 4.69) is 4.74 Å². The number of methoxy groups -OCH3 is 1. The maximum atomic E-state index is 13.1. The Morgan fingerprint density at radius 3 is 2.62 bits per heavy atom. The molecule has 6 nitrogen and oxygen atoms in total. The lowest BCUT2D eigenvalue weighted by Crippen LogP contribution is -2.46. The topological polar surface area (TPSA) is 59.1 Å². The standard InChI is InChI=1S/C22H22Cl2F2N2O4/c1-27(12-13-5-8-18(31-2)19(10-13)32-22(25)26)21(30)17-4-3-9-28(17)20(29)15-11-14(23)6-7-16(15)24/h5-8,10-11,17,22H,3-4,9,12H2,1-2H3. The van der Waals surface area contributed by atoms with Gasteiger partial charge in [0.1, 0.15) is 6.04 Å². The normalized spacial score (nSPS) is 15.7. The number of hydrogen-bond acceptors (Lipinski definition) is 4. The minimum atomic E-state index is -3.00. The van der Waals surface area contributed by atoms with Gasteiger partial charge in [-0.25, -0.2) is 0 Å². The highest BCUT2D eigenvalue weighted by Crippen LogP contribution is 2.31. The van der Waals surface area contributed by atoms with Crippen LogP contribution in [0, 0.1) is 0 Å². The first-order valence-corrected chi connectivity index (χ1v) is 10.6. The van der Waals surface area contributed by atoms with Gasteiger partial charge >= 0.3 is 6.61 Å². The van der Waals surface area contributed by atoms with Crippen molar-refractivity contribution >= 4 is 35.0 Å². The van der Waals surface area contributed by atoms with Crippen LogP contribution in [-0.4, -0.2) is 55.0 Å². The zero-order valence-electron chi connectivity index (χ0n) is 17.5. The third kappa shape index (κ3) is 5.42. The number of likely N-dealkylation sites (N-methyl/N-ethyl adjacent to an activating group) is 1. The third-order valence-electron chi connectivity index (χ3n) is 5.20. The number of halogens is 4. The molecule has 0 spiro atoms. The van der Waals surface area contributed by atoms with Crippen molar-refractivity contribution in [1.82, 2.24) is 9.80 Å². The Morgan fingerprint density at radius 2 is 1.94 bits per heavy atom. The molecule has 0 bridgehead atoms. The van der Waals surface area contributed by atoms with E-state index in [0.29, 0.717) is 30.0 Å². The van der Waals surface area contributed by atoms with Crippen LogP contribution in [0.3, 0.4) is 0 Å². The highest BCUT2D eigenvalue weighted by Gasteiger charge is 2.36. The van der Waals surface area contributed by atoms with E-state index in [0.717, 1.165) is 0 Å². The van der Waals surface area contributed by atoms with Crippen LogP contribution in [0.5, 0.6) is 11.5 Å². The lowest BCUT2D eigenvalue weighted by atomic mass is 10.1. The van der Waals surface area contributed by atoms with Crippen LogP contribution in [-0.2, 0) is 11.3 Å². The van der Waals surface area contributed by atoms with Crippen LogP contribution in [0.15, 0.2) is 36.4 Å². The summed E-state index contributed by atoms with van der Waals surface area (Å²) >= 11 is 12.2. The zero-order chi connectivity index (χ0) is 23.4. The summed E-state index contributed by atoms with van der Waals surface area (Å²) < 4.78 is 34.9. The average Bonchev–Trinajstić information content (AvgIpc) is 3.24. The Balaban J connectivity index is 1.75. The molecular weight excluding hydrogens is 465 g/mol. The van der Waals surface area contributed by atoms with E-state index in [1.807, 2.05) is 0 Å². The van der Waals surface area contributed by atoms with E-state index in [4.69, 9.17) is 27.9 Å². The van der Waals surface area contributed by atoms with E-state index in [9.17, 15) is 18.4 Å². The lowest BCUT2D eigenvalue weighted by Gasteiger charge is -2.28. The van der Waals surface area contributed by atoms with Gasteiger partial charge in [-0.3, -0.25) is 9.59 Å². The number of rotatable bonds is 7. The molecule has 0 radical (unpaired) electrons. The summed E-state index contributed by atoms with van der Waals surface area (Å²) in [6, 6.07) is 8.51.